The fourth-order valence-corrected chi connectivity index (χ4v) is 5.21. The molecule has 0 aliphatic heterocycles. The number of benzene rings is 1. The highest BCUT2D eigenvalue weighted by Gasteiger charge is 2.35. The summed E-state index contributed by atoms with van der Waals surface area (Å²) in [6, 6.07) is 8.82. The summed E-state index contributed by atoms with van der Waals surface area (Å²) in [4.78, 5) is 26.1. The maximum atomic E-state index is 14.6. The molecule has 3 aromatic heterocycles. The molecule has 1 aromatic carbocycles. The lowest BCUT2D eigenvalue weighted by Crippen LogP contribution is -2.28. The second-order valence-electron chi connectivity index (χ2n) is 8.93. The highest BCUT2D eigenvalue weighted by Crippen LogP contribution is 2.44. The number of hydrogen-bond acceptors (Lipinski definition) is 4. The maximum absolute atomic E-state index is 14.6. The van der Waals surface area contributed by atoms with Crippen molar-refractivity contribution in [2.75, 3.05) is 0 Å². The van der Waals surface area contributed by atoms with Crippen molar-refractivity contribution in [2.24, 2.45) is 0 Å². The number of pyridine rings is 2. The Kier molecular flexibility index (Phi) is 5.86. The van der Waals surface area contributed by atoms with Gasteiger partial charge in [-0.2, -0.15) is 13.2 Å². The third-order valence-electron chi connectivity index (χ3n) is 6.80. The maximum Gasteiger partial charge on any atom is 0.418 e. The Bertz CT molecular complexity index is 1440. The van der Waals surface area contributed by atoms with E-state index in [0.717, 1.165) is 11.6 Å². The van der Waals surface area contributed by atoms with E-state index in [1.807, 2.05) is 13.0 Å². The van der Waals surface area contributed by atoms with E-state index in [1.54, 1.807) is 12.1 Å². The quantitative estimate of drug-likeness (QED) is 0.348. The van der Waals surface area contributed by atoms with Crippen LogP contribution in [0.4, 0.5) is 17.6 Å². The highest BCUT2D eigenvalue weighted by atomic mass is 19.4. The summed E-state index contributed by atoms with van der Waals surface area (Å²) in [6.45, 7) is 1.48. The fraction of sp³-hybridized carbons (Fsp3) is 0.308. The van der Waals surface area contributed by atoms with Crippen molar-refractivity contribution in [2.45, 2.75) is 50.7 Å². The van der Waals surface area contributed by atoms with Crippen LogP contribution in [0, 0.1) is 12.7 Å². The van der Waals surface area contributed by atoms with E-state index in [4.69, 9.17) is 0 Å². The first-order valence-electron chi connectivity index (χ1n) is 11.3. The van der Waals surface area contributed by atoms with Crippen molar-refractivity contribution in [3.05, 3.63) is 99.1 Å². The van der Waals surface area contributed by atoms with Crippen molar-refractivity contribution in [3.63, 3.8) is 0 Å². The van der Waals surface area contributed by atoms with Crippen LogP contribution in [-0.2, 0) is 12.7 Å². The molecule has 0 spiro atoms. The first-order chi connectivity index (χ1) is 16.7. The molecule has 9 heteroatoms. The SMILES string of the molecule is Cc1cccc(F)c1[C@@H]1CC[C@@H](c2cc3nccnc3n(Cc3ncccc3C(F)(F)F)c2=O)C1. The predicted molar refractivity (Wildman–Crippen MR) is 123 cm³/mol. The van der Waals surface area contributed by atoms with Crippen LogP contribution < -0.4 is 5.56 Å². The van der Waals surface area contributed by atoms with Gasteiger partial charge in [0.2, 0.25) is 0 Å². The van der Waals surface area contributed by atoms with Gasteiger partial charge in [0.1, 0.15) is 11.3 Å². The average molecular weight is 482 g/mol. The van der Waals surface area contributed by atoms with Gasteiger partial charge in [0.05, 0.1) is 17.8 Å². The third kappa shape index (κ3) is 4.31. The van der Waals surface area contributed by atoms with E-state index in [-0.39, 0.29) is 35.5 Å². The average Bonchev–Trinajstić information content (AvgIpc) is 3.29. The van der Waals surface area contributed by atoms with Gasteiger partial charge >= 0.3 is 6.18 Å². The Balaban J connectivity index is 1.57. The number of hydrogen-bond donors (Lipinski definition) is 0. The smallest absolute Gasteiger partial charge is 0.285 e. The van der Waals surface area contributed by atoms with E-state index in [2.05, 4.69) is 15.0 Å². The normalized spacial score (nSPS) is 18.3. The molecule has 0 saturated heterocycles. The van der Waals surface area contributed by atoms with Gasteiger partial charge in [-0.1, -0.05) is 12.1 Å². The van der Waals surface area contributed by atoms with Crippen LogP contribution >= 0.6 is 0 Å². The number of aryl methyl sites for hydroxylation is 1. The van der Waals surface area contributed by atoms with Gasteiger partial charge in [-0.15, -0.1) is 0 Å². The van der Waals surface area contributed by atoms with Crippen LogP contribution in [0.25, 0.3) is 11.2 Å². The van der Waals surface area contributed by atoms with E-state index >= 15 is 0 Å². The summed E-state index contributed by atoms with van der Waals surface area (Å²) in [5.74, 6) is -0.471. The molecular formula is C26H22F4N4O. The number of aromatic nitrogens is 4. The predicted octanol–water partition coefficient (Wildman–Crippen LogP) is 5.75. The summed E-state index contributed by atoms with van der Waals surface area (Å²) in [6.07, 6.45) is 1.48. The topological polar surface area (TPSA) is 60.7 Å². The Morgan fingerprint density at radius 2 is 1.77 bits per heavy atom. The van der Waals surface area contributed by atoms with Crippen LogP contribution in [-0.4, -0.2) is 19.5 Å². The van der Waals surface area contributed by atoms with Crippen molar-refractivity contribution in [1.82, 2.24) is 19.5 Å². The number of nitrogens with zero attached hydrogens (tertiary/aromatic N) is 4. The lowest BCUT2D eigenvalue weighted by atomic mass is 9.90. The second kappa shape index (κ2) is 8.87. The number of alkyl halides is 3. The van der Waals surface area contributed by atoms with Gasteiger partial charge in [-0.25, -0.2) is 9.37 Å². The molecule has 1 saturated carbocycles. The first-order valence-corrected chi connectivity index (χ1v) is 11.3. The summed E-state index contributed by atoms with van der Waals surface area (Å²) < 4.78 is 56.5. The van der Waals surface area contributed by atoms with Gasteiger partial charge in [0, 0.05) is 24.2 Å². The van der Waals surface area contributed by atoms with Crippen LogP contribution in [0.2, 0.25) is 0 Å². The number of fused-ring (bicyclic) bond motifs is 1. The molecular weight excluding hydrogens is 460 g/mol. The van der Waals surface area contributed by atoms with Gasteiger partial charge in [-0.3, -0.25) is 19.3 Å². The van der Waals surface area contributed by atoms with Crippen molar-refractivity contribution in [1.29, 1.82) is 0 Å². The molecule has 4 aromatic rings. The van der Waals surface area contributed by atoms with Crippen LogP contribution in [0.15, 0.2) is 59.8 Å². The molecule has 5 nitrogen and oxygen atoms in total. The van der Waals surface area contributed by atoms with Crippen LogP contribution in [0.3, 0.4) is 0 Å². The summed E-state index contributed by atoms with van der Waals surface area (Å²) in [5.41, 5.74) is 1.01. The molecule has 180 valence electrons. The molecule has 35 heavy (non-hydrogen) atoms. The largest absolute Gasteiger partial charge is 0.418 e. The highest BCUT2D eigenvalue weighted by molar-refractivity contribution is 5.71. The molecule has 0 unspecified atom stereocenters. The molecule has 0 N–H and O–H groups in total. The summed E-state index contributed by atoms with van der Waals surface area (Å²) >= 11 is 0. The van der Waals surface area contributed by atoms with Crippen LogP contribution in [0.5, 0.6) is 0 Å². The molecule has 2 atom stereocenters. The van der Waals surface area contributed by atoms with E-state index in [0.29, 0.717) is 35.9 Å². The molecule has 0 amide bonds. The Labute approximate surface area is 198 Å². The van der Waals surface area contributed by atoms with E-state index < -0.39 is 17.3 Å². The standard InChI is InChI=1S/C26H22F4N4O/c1-15-4-2-6-20(27)23(15)17-8-7-16(12-17)18-13-21-24(33-11-10-32-21)34(25(18)35)14-22-19(26(28,29)30)5-3-9-31-22/h2-6,9-11,13,16-17H,7-8,12,14H2,1H3/t16-,17-/m1/s1. The second-order valence-corrected chi connectivity index (χ2v) is 8.93. The van der Waals surface area contributed by atoms with Gasteiger partial charge < -0.3 is 0 Å². The zero-order valence-corrected chi connectivity index (χ0v) is 18.9. The van der Waals surface area contributed by atoms with Gasteiger partial charge in [0.25, 0.3) is 5.56 Å². The Morgan fingerprint density at radius 3 is 2.54 bits per heavy atom. The minimum atomic E-state index is -4.61. The van der Waals surface area contributed by atoms with E-state index in [1.165, 1.54) is 35.3 Å². The molecule has 1 aliphatic rings. The Morgan fingerprint density at radius 1 is 1.00 bits per heavy atom. The number of halogens is 4. The molecule has 1 fully saturated rings. The van der Waals surface area contributed by atoms with E-state index in [9.17, 15) is 22.4 Å². The van der Waals surface area contributed by atoms with Gasteiger partial charge in [-0.05, 0) is 73.4 Å². The van der Waals surface area contributed by atoms with Crippen molar-refractivity contribution in [3.8, 4) is 0 Å². The van der Waals surface area contributed by atoms with Crippen molar-refractivity contribution < 1.29 is 17.6 Å². The minimum Gasteiger partial charge on any atom is -0.285 e. The number of rotatable bonds is 4. The zero-order chi connectivity index (χ0) is 24.7. The first kappa shape index (κ1) is 23.1. The lowest BCUT2D eigenvalue weighted by Gasteiger charge is -2.18. The van der Waals surface area contributed by atoms with Crippen LogP contribution in [0.1, 0.15) is 59.0 Å². The summed E-state index contributed by atoms with van der Waals surface area (Å²) in [5, 5.41) is 0. The molecule has 0 radical (unpaired) electrons. The zero-order valence-electron chi connectivity index (χ0n) is 18.9. The monoisotopic (exact) mass is 482 g/mol. The molecule has 0 bridgehead atoms. The summed E-state index contributed by atoms with van der Waals surface area (Å²) in [7, 11) is 0. The lowest BCUT2D eigenvalue weighted by molar-refractivity contribution is -0.138. The van der Waals surface area contributed by atoms with Gasteiger partial charge in [0.15, 0.2) is 5.65 Å². The Hall–Kier alpha value is -3.62. The fourth-order valence-electron chi connectivity index (χ4n) is 5.21. The molecule has 5 rings (SSSR count). The molecule has 1 aliphatic carbocycles. The minimum absolute atomic E-state index is 0.0424. The third-order valence-corrected chi connectivity index (χ3v) is 6.80. The molecule has 3 heterocycles. The van der Waals surface area contributed by atoms with Crippen molar-refractivity contribution >= 4 is 11.2 Å².